The van der Waals surface area contributed by atoms with Crippen molar-refractivity contribution in [1.29, 1.82) is 0 Å². The molecule has 0 bridgehead atoms. The number of aromatic carboxylic acids is 1. The molecule has 0 amide bonds. The molecule has 0 aliphatic carbocycles. The molecule has 0 radical (unpaired) electrons. The molecule has 1 fully saturated rings. The highest BCUT2D eigenvalue weighted by Gasteiger charge is 2.42. The van der Waals surface area contributed by atoms with Crippen molar-refractivity contribution in [3.63, 3.8) is 0 Å². The fraction of sp³-hybridized carbons (Fsp3) is 0.179. The number of hydrogen-bond donors (Lipinski definition) is 2. The van der Waals surface area contributed by atoms with E-state index in [1.165, 1.54) is 0 Å². The van der Waals surface area contributed by atoms with Crippen molar-refractivity contribution in [1.82, 2.24) is 10.3 Å². The SMILES string of the molecule is COCCOc1ccc(N2C(=S)N[C@@H](c3ccccn3)[C@@H]2c2ccc(-c3cccc(C(=O)O)c3)o2)cc1Cl. The summed E-state index contributed by atoms with van der Waals surface area (Å²) < 4.78 is 17.1. The second kappa shape index (κ2) is 11.2. The van der Waals surface area contributed by atoms with Gasteiger partial charge in [0.15, 0.2) is 5.11 Å². The minimum absolute atomic E-state index is 0.180. The van der Waals surface area contributed by atoms with Gasteiger partial charge in [0.1, 0.15) is 29.9 Å². The van der Waals surface area contributed by atoms with E-state index in [4.69, 9.17) is 37.7 Å². The summed E-state index contributed by atoms with van der Waals surface area (Å²) >= 11 is 12.3. The molecule has 4 aromatic rings. The predicted molar refractivity (Wildman–Crippen MR) is 148 cm³/mol. The fourth-order valence-corrected chi connectivity index (χ4v) is 4.96. The number of ether oxygens (including phenoxy) is 2. The molecule has 0 saturated carbocycles. The Balaban J connectivity index is 1.53. The number of thiocarbonyl (C=S) groups is 1. The Kier molecular flexibility index (Phi) is 7.59. The van der Waals surface area contributed by atoms with E-state index in [0.29, 0.717) is 46.2 Å². The van der Waals surface area contributed by atoms with Gasteiger partial charge in [-0.25, -0.2) is 4.79 Å². The third kappa shape index (κ3) is 5.22. The largest absolute Gasteiger partial charge is 0.490 e. The van der Waals surface area contributed by atoms with E-state index < -0.39 is 12.0 Å². The van der Waals surface area contributed by atoms with Crippen LogP contribution in [0.5, 0.6) is 5.75 Å². The lowest BCUT2D eigenvalue weighted by atomic mass is 10.0. The second-order valence-electron chi connectivity index (χ2n) is 8.54. The van der Waals surface area contributed by atoms with E-state index in [-0.39, 0.29) is 11.6 Å². The van der Waals surface area contributed by atoms with Crippen LogP contribution in [0.25, 0.3) is 11.3 Å². The van der Waals surface area contributed by atoms with Crippen LogP contribution in [0, 0.1) is 0 Å². The van der Waals surface area contributed by atoms with Gasteiger partial charge in [-0.1, -0.05) is 29.8 Å². The Hall–Kier alpha value is -3.92. The van der Waals surface area contributed by atoms with Crippen LogP contribution in [0.4, 0.5) is 5.69 Å². The molecule has 1 aliphatic rings. The first-order valence-corrected chi connectivity index (χ1v) is 12.6. The van der Waals surface area contributed by atoms with Crippen LogP contribution in [0.3, 0.4) is 0 Å². The molecular formula is C28H24ClN3O5S. The molecule has 2 atom stereocenters. The van der Waals surface area contributed by atoms with Crippen LogP contribution in [-0.2, 0) is 4.74 Å². The van der Waals surface area contributed by atoms with Crippen molar-refractivity contribution in [2.45, 2.75) is 12.1 Å². The molecule has 2 aromatic heterocycles. The van der Waals surface area contributed by atoms with Crippen molar-refractivity contribution in [2.75, 3.05) is 25.2 Å². The zero-order chi connectivity index (χ0) is 26.6. The first kappa shape index (κ1) is 25.7. The quantitative estimate of drug-likeness (QED) is 0.195. The van der Waals surface area contributed by atoms with Gasteiger partial charge >= 0.3 is 5.97 Å². The smallest absolute Gasteiger partial charge is 0.335 e. The molecule has 38 heavy (non-hydrogen) atoms. The molecule has 194 valence electrons. The van der Waals surface area contributed by atoms with E-state index in [1.54, 1.807) is 43.6 Å². The van der Waals surface area contributed by atoms with Crippen molar-refractivity contribution in [2.24, 2.45) is 0 Å². The Morgan fingerprint density at radius 2 is 2.00 bits per heavy atom. The number of carboxylic acid groups (broad SMARTS) is 1. The van der Waals surface area contributed by atoms with Crippen LogP contribution < -0.4 is 15.0 Å². The normalized spacial score (nSPS) is 16.9. The van der Waals surface area contributed by atoms with Gasteiger partial charge in [0.2, 0.25) is 0 Å². The number of nitrogens with one attached hydrogen (secondary N) is 1. The van der Waals surface area contributed by atoms with Crippen molar-refractivity contribution < 1.29 is 23.8 Å². The lowest BCUT2D eigenvalue weighted by Gasteiger charge is -2.26. The molecule has 1 aliphatic heterocycles. The third-order valence-corrected chi connectivity index (χ3v) is 6.76. The highest BCUT2D eigenvalue weighted by Crippen LogP contribution is 2.44. The molecule has 0 unspecified atom stereocenters. The summed E-state index contributed by atoms with van der Waals surface area (Å²) in [7, 11) is 1.61. The van der Waals surface area contributed by atoms with E-state index in [1.807, 2.05) is 47.4 Å². The summed E-state index contributed by atoms with van der Waals surface area (Å²) in [6, 6.07) is 20.8. The number of methoxy groups -OCH3 is 1. The van der Waals surface area contributed by atoms with Gasteiger partial charge < -0.3 is 29.2 Å². The Morgan fingerprint density at radius 3 is 2.74 bits per heavy atom. The first-order valence-electron chi connectivity index (χ1n) is 11.8. The summed E-state index contributed by atoms with van der Waals surface area (Å²) in [5.41, 5.74) is 2.38. The number of rotatable bonds is 9. The number of hydrogen-bond acceptors (Lipinski definition) is 6. The monoisotopic (exact) mass is 549 g/mol. The van der Waals surface area contributed by atoms with Crippen molar-refractivity contribution in [3.05, 3.63) is 101 Å². The predicted octanol–water partition coefficient (Wildman–Crippen LogP) is 5.90. The maximum Gasteiger partial charge on any atom is 0.335 e. The summed E-state index contributed by atoms with van der Waals surface area (Å²) in [6.45, 7) is 0.824. The van der Waals surface area contributed by atoms with Crippen molar-refractivity contribution >= 4 is 40.6 Å². The summed E-state index contributed by atoms with van der Waals surface area (Å²) in [4.78, 5) is 18.0. The number of nitrogens with zero attached hydrogens (tertiary/aromatic N) is 2. The highest BCUT2D eigenvalue weighted by atomic mass is 35.5. The molecule has 2 N–H and O–H groups in total. The number of anilines is 1. The Morgan fingerprint density at radius 1 is 1.13 bits per heavy atom. The number of furan rings is 1. The lowest BCUT2D eigenvalue weighted by molar-refractivity contribution is 0.0697. The number of aromatic nitrogens is 1. The van der Waals surface area contributed by atoms with Crippen LogP contribution in [-0.4, -0.2) is 41.5 Å². The van der Waals surface area contributed by atoms with Gasteiger partial charge in [-0.2, -0.15) is 0 Å². The van der Waals surface area contributed by atoms with Gasteiger partial charge in [0.25, 0.3) is 0 Å². The average Bonchev–Trinajstić information content (AvgIpc) is 3.55. The molecule has 5 rings (SSSR count). The van der Waals surface area contributed by atoms with Crippen molar-refractivity contribution in [3.8, 4) is 17.1 Å². The lowest BCUT2D eigenvalue weighted by Crippen LogP contribution is -2.29. The van der Waals surface area contributed by atoms with Crippen LogP contribution in [0.1, 0.15) is 33.9 Å². The molecule has 8 nitrogen and oxygen atoms in total. The van der Waals surface area contributed by atoms with E-state index in [9.17, 15) is 9.90 Å². The minimum atomic E-state index is -1.00. The second-order valence-corrected chi connectivity index (χ2v) is 9.33. The Bertz CT molecular complexity index is 1460. The van der Waals surface area contributed by atoms with Crippen LogP contribution >= 0.6 is 23.8 Å². The number of halogens is 1. The number of carbonyl (C=O) groups is 1. The molecule has 2 aromatic carbocycles. The highest BCUT2D eigenvalue weighted by molar-refractivity contribution is 7.80. The van der Waals surface area contributed by atoms with E-state index >= 15 is 0 Å². The molecule has 3 heterocycles. The molecular weight excluding hydrogens is 526 g/mol. The topological polar surface area (TPSA) is 97.1 Å². The van der Waals surface area contributed by atoms with Crippen LogP contribution in [0.15, 0.2) is 83.4 Å². The van der Waals surface area contributed by atoms with E-state index in [2.05, 4.69) is 10.3 Å². The minimum Gasteiger partial charge on any atom is -0.490 e. The van der Waals surface area contributed by atoms with Gasteiger partial charge in [0, 0.05) is 24.6 Å². The standard InChI is InChI=1S/C28H24ClN3O5S/c1-35-13-14-36-23-9-8-19(16-20(23)29)32-26(25(31-28(32)38)21-7-2-3-12-30-21)24-11-10-22(37-24)17-5-4-6-18(15-17)27(33)34/h2-12,15-16,25-26H,13-14H2,1H3,(H,31,38)(H,33,34)/t25-,26-/m0/s1. The summed E-state index contributed by atoms with van der Waals surface area (Å²) in [6.07, 6.45) is 1.73. The molecule has 0 spiro atoms. The Labute approximate surface area is 229 Å². The van der Waals surface area contributed by atoms with Gasteiger partial charge in [-0.3, -0.25) is 4.98 Å². The number of carboxylic acids is 1. The van der Waals surface area contributed by atoms with Gasteiger partial charge in [-0.15, -0.1) is 0 Å². The zero-order valence-corrected chi connectivity index (χ0v) is 21.9. The number of pyridine rings is 1. The van der Waals surface area contributed by atoms with Crippen LogP contribution in [0.2, 0.25) is 5.02 Å². The van der Waals surface area contributed by atoms with Gasteiger partial charge in [0.05, 0.1) is 28.9 Å². The fourth-order valence-electron chi connectivity index (χ4n) is 4.39. The summed E-state index contributed by atoms with van der Waals surface area (Å²) in [5, 5.41) is 13.7. The third-order valence-electron chi connectivity index (χ3n) is 6.15. The maximum absolute atomic E-state index is 11.5. The molecule has 1 saturated heterocycles. The maximum atomic E-state index is 11.5. The van der Waals surface area contributed by atoms with Gasteiger partial charge in [-0.05, 0) is 66.8 Å². The van der Waals surface area contributed by atoms with E-state index in [0.717, 1.165) is 11.4 Å². The molecule has 10 heteroatoms. The number of benzene rings is 2. The zero-order valence-electron chi connectivity index (χ0n) is 20.3. The first-order chi connectivity index (χ1) is 18.5. The average molecular weight is 550 g/mol. The summed E-state index contributed by atoms with van der Waals surface area (Å²) in [5.74, 6) is 0.708.